The highest BCUT2D eigenvalue weighted by Crippen LogP contribution is 2.29. The Hall–Kier alpha value is -2.10. The second-order valence-corrected chi connectivity index (χ2v) is 9.35. The predicted molar refractivity (Wildman–Crippen MR) is 159 cm³/mol. The summed E-state index contributed by atoms with van der Waals surface area (Å²) in [5.74, 6) is -14.1. The maximum Gasteiger partial charge on any atom is 0.313 e. The van der Waals surface area contributed by atoms with Gasteiger partial charge in [0.05, 0.1) is 139 Å². The largest absolute Gasteiger partial charge is 0.420 e. The molecule has 0 saturated carbocycles. The fourth-order valence-electron chi connectivity index (χ4n) is 3.25. The summed E-state index contributed by atoms with van der Waals surface area (Å²) in [5, 5.41) is 3.00. The molecule has 0 unspecified atom stereocenters. The fraction of sp³-hybridized carbons (Fsp3) is 0.767. The standard InChI is InChI=1S/C30H48F5NO12/c1-36-3-5-39-7-9-41-11-13-43-15-17-45-19-21-47-23-22-46-20-18-44-16-14-42-12-10-40-8-6-38-4-2-24(37)48-30-28(34)26(32)25(31)27(33)29(30)35/h36H,2-23H2,1H3. The first-order valence-electron chi connectivity index (χ1n) is 15.5. The predicted octanol–water partition coefficient (Wildman–Crippen LogP) is 2.06. The monoisotopic (exact) mass is 709 g/mol. The van der Waals surface area contributed by atoms with Gasteiger partial charge in [-0.3, -0.25) is 4.79 Å². The molecule has 0 radical (unpaired) electrons. The van der Waals surface area contributed by atoms with Gasteiger partial charge < -0.3 is 57.4 Å². The molecule has 1 aromatic carbocycles. The number of carbonyl (C=O) groups excluding carboxylic acids is 1. The summed E-state index contributed by atoms with van der Waals surface area (Å²) in [4.78, 5) is 11.6. The quantitative estimate of drug-likeness (QED) is 0.0280. The Kier molecular flexibility index (Phi) is 28.3. The molecule has 1 N–H and O–H groups in total. The van der Waals surface area contributed by atoms with Gasteiger partial charge in [-0.2, -0.15) is 8.78 Å². The van der Waals surface area contributed by atoms with Crippen LogP contribution < -0.4 is 10.1 Å². The number of rotatable bonds is 34. The number of likely N-dealkylation sites (N-methyl/N-ethyl adjacent to an activating group) is 1. The van der Waals surface area contributed by atoms with Crippen molar-refractivity contribution in [2.45, 2.75) is 6.42 Å². The molecule has 0 saturated heterocycles. The molecule has 0 heterocycles. The summed E-state index contributed by atoms with van der Waals surface area (Å²) in [6.45, 7) is 8.58. The summed E-state index contributed by atoms with van der Waals surface area (Å²) >= 11 is 0. The van der Waals surface area contributed by atoms with Crippen LogP contribution in [0, 0.1) is 29.1 Å². The normalized spacial score (nSPS) is 11.5. The van der Waals surface area contributed by atoms with E-state index in [9.17, 15) is 26.7 Å². The van der Waals surface area contributed by atoms with Gasteiger partial charge in [-0.25, -0.2) is 13.2 Å². The molecule has 0 atom stereocenters. The van der Waals surface area contributed by atoms with Crippen LogP contribution in [0.1, 0.15) is 6.42 Å². The topological polar surface area (TPSA) is 131 Å². The molecule has 0 aliphatic heterocycles. The summed E-state index contributed by atoms with van der Waals surface area (Å²) < 4.78 is 124. The molecule has 0 fully saturated rings. The van der Waals surface area contributed by atoms with Crippen LogP contribution in [0.5, 0.6) is 5.75 Å². The lowest BCUT2D eigenvalue weighted by molar-refractivity contribution is -0.136. The van der Waals surface area contributed by atoms with Gasteiger partial charge in [0.1, 0.15) is 0 Å². The number of benzene rings is 1. The highest BCUT2D eigenvalue weighted by molar-refractivity contribution is 5.72. The average Bonchev–Trinajstić information content (AvgIpc) is 3.08. The van der Waals surface area contributed by atoms with Crippen molar-refractivity contribution < 1.29 is 78.9 Å². The molecule has 0 bridgehead atoms. The minimum Gasteiger partial charge on any atom is -0.420 e. The van der Waals surface area contributed by atoms with E-state index in [0.717, 1.165) is 6.54 Å². The SMILES string of the molecule is CNCCOCCOCCOCCOCCOCCOCCOCCOCCOCCOCCC(=O)Oc1c(F)c(F)c(F)c(F)c1F. The number of esters is 1. The van der Waals surface area contributed by atoms with E-state index in [0.29, 0.717) is 106 Å². The van der Waals surface area contributed by atoms with E-state index in [2.05, 4.69) is 10.1 Å². The number of hydrogen-bond acceptors (Lipinski definition) is 13. The molecule has 0 aromatic heterocycles. The van der Waals surface area contributed by atoms with E-state index in [4.69, 9.17) is 47.4 Å². The minimum atomic E-state index is -2.35. The van der Waals surface area contributed by atoms with Crippen LogP contribution in [0.15, 0.2) is 0 Å². The second-order valence-electron chi connectivity index (χ2n) is 9.35. The van der Waals surface area contributed by atoms with Gasteiger partial charge in [0.2, 0.25) is 34.8 Å². The Balaban J connectivity index is 1.75. The molecule has 0 spiro atoms. The van der Waals surface area contributed by atoms with E-state index in [1.54, 1.807) is 0 Å². The first kappa shape index (κ1) is 43.9. The zero-order chi connectivity index (χ0) is 35.1. The lowest BCUT2D eigenvalue weighted by Gasteiger charge is -2.09. The van der Waals surface area contributed by atoms with Gasteiger partial charge in [-0.1, -0.05) is 0 Å². The highest BCUT2D eigenvalue weighted by atomic mass is 19.2. The van der Waals surface area contributed by atoms with Crippen LogP contribution in [0.25, 0.3) is 0 Å². The van der Waals surface area contributed by atoms with Crippen LogP contribution in [-0.2, 0) is 52.2 Å². The molecule has 48 heavy (non-hydrogen) atoms. The number of halogens is 5. The van der Waals surface area contributed by atoms with Crippen LogP contribution in [0.2, 0.25) is 0 Å². The Morgan fingerprint density at radius 1 is 0.417 bits per heavy atom. The maximum atomic E-state index is 13.5. The minimum absolute atomic E-state index is 0.0826. The van der Waals surface area contributed by atoms with E-state index in [-0.39, 0.29) is 26.4 Å². The molecule has 1 aromatic rings. The zero-order valence-corrected chi connectivity index (χ0v) is 27.3. The molecule has 1 rings (SSSR count). The highest BCUT2D eigenvalue weighted by Gasteiger charge is 2.28. The van der Waals surface area contributed by atoms with Crippen molar-refractivity contribution in [2.24, 2.45) is 0 Å². The van der Waals surface area contributed by atoms with Crippen LogP contribution in [0.3, 0.4) is 0 Å². The summed E-state index contributed by atoms with van der Waals surface area (Å²) in [7, 11) is 1.87. The van der Waals surface area contributed by atoms with E-state index < -0.39 is 47.2 Å². The molecule has 0 aliphatic rings. The summed E-state index contributed by atoms with van der Waals surface area (Å²) in [5.41, 5.74) is 0. The first-order chi connectivity index (χ1) is 23.4. The van der Waals surface area contributed by atoms with Gasteiger partial charge in [-0.15, -0.1) is 0 Å². The molecule has 13 nitrogen and oxygen atoms in total. The van der Waals surface area contributed by atoms with Crippen molar-refractivity contribution in [3.63, 3.8) is 0 Å². The maximum absolute atomic E-state index is 13.5. The van der Waals surface area contributed by atoms with Crippen molar-refractivity contribution in [2.75, 3.05) is 146 Å². The van der Waals surface area contributed by atoms with Crippen molar-refractivity contribution in [3.05, 3.63) is 29.1 Å². The molecular formula is C30H48F5NO12. The molecular weight excluding hydrogens is 661 g/mol. The first-order valence-corrected chi connectivity index (χ1v) is 15.5. The third-order valence-electron chi connectivity index (χ3n) is 5.68. The lowest BCUT2D eigenvalue weighted by Crippen LogP contribution is -2.17. The Labute approximate surface area is 277 Å². The number of nitrogens with one attached hydrogen (secondary N) is 1. The van der Waals surface area contributed by atoms with E-state index >= 15 is 0 Å². The fourth-order valence-corrected chi connectivity index (χ4v) is 3.25. The van der Waals surface area contributed by atoms with Gasteiger partial charge in [0, 0.05) is 6.54 Å². The Morgan fingerprint density at radius 2 is 0.667 bits per heavy atom. The zero-order valence-electron chi connectivity index (χ0n) is 27.3. The number of ether oxygens (including phenoxy) is 11. The van der Waals surface area contributed by atoms with Crippen molar-refractivity contribution in [3.8, 4) is 5.75 Å². The smallest absolute Gasteiger partial charge is 0.313 e. The van der Waals surface area contributed by atoms with Crippen LogP contribution >= 0.6 is 0 Å². The molecule has 18 heteroatoms. The second kappa shape index (κ2) is 30.9. The number of carbonyl (C=O) groups is 1. The lowest BCUT2D eigenvalue weighted by atomic mass is 10.2. The summed E-state index contributed by atoms with van der Waals surface area (Å²) in [6.07, 6.45) is -0.485. The average molecular weight is 710 g/mol. The van der Waals surface area contributed by atoms with Crippen molar-refractivity contribution >= 4 is 5.97 Å². The Morgan fingerprint density at radius 3 is 0.958 bits per heavy atom. The third-order valence-corrected chi connectivity index (χ3v) is 5.68. The number of hydrogen-bond donors (Lipinski definition) is 1. The molecule has 0 amide bonds. The van der Waals surface area contributed by atoms with Crippen LogP contribution in [-0.4, -0.2) is 152 Å². The molecule has 280 valence electrons. The van der Waals surface area contributed by atoms with Gasteiger partial charge in [0.25, 0.3) is 0 Å². The van der Waals surface area contributed by atoms with Crippen molar-refractivity contribution in [1.29, 1.82) is 0 Å². The Bertz CT molecular complexity index is 925. The van der Waals surface area contributed by atoms with Crippen molar-refractivity contribution in [1.82, 2.24) is 5.32 Å². The third kappa shape index (κ3) is 22.5. The van der Waals surface area contributed by atoms with Crippen LogP contribution in [0.4, 0.5) is 22.0 Å². The van der Waals surface area contributed by atoms with E-state index in [1.807, 2.05) is 7.05 Å². The van der Waals surface area contributed by atoms with Gasteiger partial charge in [-0.05, 0) is 7.05 Å². The van der Waals surface area contributed by atoms with Gasteiger partial charge in [0.15, 0.2) is 0 Å². The van der Waals surface area contributed by atoms with Gasteiger partial charge >= 0.3 is 5.97 Å². The van der Waals surface area contributed by atoms with E-state index in [1.165, 1.54) is 0 Å². The molecule has 0 aliphatic carbocycles. The summed E-state index contributed by atoms with van der Waals surface area (Å²) in [6, 6.07) is 0.